The van der Waals surface area contributed by atoms with Gasteiger partial charge in [0.1, 0.15) is 18.1 Å². The molecule has 0 saturated carbocycles. The number of aromatic nitrogens is 2. The molecule has 8 heteroatoms. The molecule has 0 saturated heterocycles. The third-order valence-electron chi connectivity index (χ3n) is 3.34. The van der Waals surface area contributed by atoms with E-state index in [9.17, 15) is 14.9 Å². The predicted octanol–water partition coefficient (Wildman–Crippen LogP) is 4.09. The fourth-order valence-electron chi connectivity index (χ4n) is 2.13. The fourth-order valence-corrected chi connectivity index (χ4v) is 2.40. The molecule has 2 heterocycles. The Morgan fingerprint density at radius 3 is 2.68 bits per heavy atom. The molecule has 0 fully saturated rings. The lowest BCUT2D eigenvalue weighted by atomic mass is 10.1. The van der Waals surface area contributed by atoms with Crippen molar-refractivity contribution >= 4 is 33.6 Å². The first-order chi connectivity index (χ1) is 12.0. The van der Waals surface area contributed by atoms with Crippen molar-refractivity contribution in [1.82, 2.24) is 9.78 Å². The van der Waals surface area contributed by atoms with Crippen LogP contribution in [0, 0.1) is 10.1 Å². The molecule has 0 bridgehead atoms. The first kappa shape index (κ1) is 16.8. The minimum atomic E-state index is -0.555. The zero-order chi connectivity index (χ0) is 17.8. The Labute approximate surface area is 150 Å². The monoisotopic (exact) mass is 401 g/mol. The fraction of sp³-hybridized carbons (Fsp3) is 0.0588. The van der Waals surface area contributed by atoms with Gasteiger partial charge in [-0.25, -0.2) is 0 Å². The van der Waals surface area contributed by atoms with Crippen molar-refractivity contribution in [2.24, 2.45) is 0 Å². The maximum Gasteiger partial charge on any atom is 0.389 e. The van der Waals surface area contributed by atoms with Crippen LogP contribution in [0.15, 0.2) is 63.6 Å². The molecule has 0 aliphatic rings. The van der Waals surface area contributed by atoms with Crippen LogP contribution in [0.25, 0.3) is 6.08 Å². The average molecular weight is 402 g/mol. The van der Waals surface area contributed by atoms with Crippen LogP contribution in [0.2, 0.25) is 0 Å². The number of allylic oxidation sites excluding steroid dienone is 1. The van der Waals surface area contributed by atoms with Gasteiger partial charge in [-0.2, -0.15) is 4.68 Å². The van der Waals surface area contributed by atoms with Crippen LogP contribution >= 0.6 is 15.9 Å². The normalized spacial score (nSPS) is 11.1. The van der Waals surface area contributed by atoms with E-state index in [4.69, 9.17) is 4.42 Å². The van der Waals surface area contributed by atoms with E-state index in [2.05, 4.69) is 21.0 Å². The summed E-state index contributed by atoms with van der Waals surface area (Å²) in [6.07, 6.45) is 4.53. The molecular weight excluding hydrogens is 390 g/mol. The maximum atomic E-state index is 12.1. The second kappa shape index (κ2) is 7.27. The topological polar surface area (TPSA) is 91.2 Å². The van der Waals surface area contributed by atoms with Crippen molar-refractivity contribution < 1.29 is 14.1 Å². The van der Waals surface area contributed by atoms with Gasteiger partial charge in [-0.1, -0.05) is 15.9 Å². The molecule has 25 heavy (non-hydrogen) atoms. The van der Waals surface area contributed by atoms with Crippen molar-refractivity contribution in [2.75, 3.05) is 0 Å². The molecule has 3 rings (SSSR count). The largest absolute Gasteiger partial charge is 0.460 e. The Morgan fingerprint density at radius 1 is 1.24 bits per heavy atom. The van der Waals surface area contributed by atoms with E-state index in [1.54, 1.807) is 42.5 Å². The molecule has 0 aliphatic carbocycles. The molecule has 0 N–H and O–H groups in total. The van der Waals surface area contributed by atoms with E-state index in [1.165, 1.54) is 23.0 Å². The average Bonchev–Trinajstić information content (AvgIpc) is 3.23. The van der Waals surface area contributed by atoms with Crippen LogP contribution < -0.4 is 0 Å². The third-order valence-corrected chi connectivity index (χ3v) is 3.87. The van der Waals surface area contributed by atoms with E-state index in [0.29, 0.717) is 17.1 Å². The molecule has 0 radical (unpaired) electrons. The molecular formula is C17H12BrN3O4. The second-order valence-electron chi connectivity index (χ2n) is 5.14. The van der Waals surface area contributed by atoms with Gasteiger partial charge < -0.3 is 14.5 Å². The van der Waals surface area contributed by atoms with Gasteiger partial charge in [0.05, 0.1) is 17.4 Å². The highest BCUT2D eigenvalue weighted by Gasteiger charge is 2.12. The molecule has 3 aromatic rings. The molecule has 7 nitrogen and oxygen atoms in total. The van der Waals surface area contributed by atoms with Gasteiger partial charge in [-0.05, 0) is 53.5 Å². The molecule has 126 valence electrons. The zero-order valence-electron chi connectivity index (χ0n) is 12.8. The van der Waals surface area contributed by atoms with Gasteiger partial charge in [0.25, 0.3) is 0 Å². The van der Waals surface area contributed by atoms with Crippen molar-refractivity contribution in [1.29, 1.82) is 0 Å². The summed E-state index contributed by atoms with van der Waals surface area (Å²) in [5.74, 6) is 0.746. The van der Waals surface area contributed by atoms with E-state index < -0.39 is 4.92 Å². The van der Waals surface area contributed by atoms with E-state index in [1.807, 2.05) is 0 Å². The van der Waals surface area contributed by atoms with Crippen LogP contribution in [-0.2, 0) is 6.54 Å². The van der Waals surface area contributed by atoms with Crippen LogP contribution in [0.4, 0.5) is 5.82 Å². The van der Waals surface area contributed by atoms with Crippen molar-refractivity contribution in [2.45, 2.75) is 6.54 Å². The van der Waals surface area contributed by atoms with Gasteiger partial charge >= 0.3 is 5.82 Å². The Bertz CT molecular complexity index is 941. The summed E-state index contributed by atoms with van der Waals surface area (Å²) in [6.45, 7) is 0.266. The molecule has 0 aliphatic heterocycles. The number of hydrogen-bond donors (Lipinski definition) is 0. The SMILES string of the molecule is O=C(/C=C/c1ccc(Cn2ccc([N+](=O)[O-])n2)o1)c1ccc(Br)cc1. The number of benzene rings is 1. The van der Waals surface area contributed by atoms with Gasteiger partial charge in [0.2, 0.25) is 0 Å². The second-order valence-corrected chi connectivity index (χ2v) is 6.05. The number of nitro groups is 1. The summed E-state index contributed by atoms with van der Waals surface area (Å²) in [5, 5.41) is 14.4. The van der Waals surface area contributed by atoms with Gasteiger partial charge in [0, 0.05) is 10.0 Å². The number of halogens is 1. The lowest BCUT2D eigenvalue weighted by Gasteiger charge is -1.95. The third kappa shape index (κ3) is 4.30. The summed E-state index contributed by atoms with van der Waals surface area (Å²) >= 11 is 3.32. The number of carbonyl (C=O) groups is 1. The number of nitrogens with zero attached hydrogens (tertiary/aromatic N) is 3. The minimum absolute atomic E-state index is 0.131. The number of furan rings is 1. The summed E-state index contributed by atoms with van der Waals surface area (Å²) in [6, 6.07) is 11.8. The predicted molar refractivity (Wildman–Crippen MR) is 94.2 cm³/mol. The molecule has 0 spiro atoms. The maximum absolute atomic E-state index is 12.1. The Kier molecular flexibility index (Phi) is 4.90. The quantitative estimate of drug-likeness (QED) is 0.268. The number of hydrogen-bond acceptors (Lipinski definition) is 5. The van der Waals surface area contributed by atoms with E-state index in [-0.39, 0.29) is 18.1 Å². The highest BCUT2D eigenvalue weighted by atomic mass is 79.9. The molecule has 0 atom stereocenters. The molecule has 2 aromatic heterocycles. The van der Waals surface area contributed by atoms with Crippen molar-refractivity contribution in [3.8, 4) is 0 Å². The van der Waals surface area contributed by atoms with Crippen LogP contribution in [0.5, 0.6) is 0 Å². The summed E-state index contributed by atoms with van der Waals surface area (Å²) in [7, 11) is 0. The van der Waals surface area contributed by atoms with E-state index in [0.717, 1.165) is 4.47 Å². The highest BCUT2D eigenvalue weighted by Crippen LogP contribution is 2.15. The molecule has 1 aromatic carbocycles. The Hall–Kier alpha value is -3.00. The van der Waals surface area contributed by atoms with Crippen molar-refractivity contribution in [3.05, 3.63) is 86.4 Å². The van der Waals surface area contributed by atoms with Gasteiger partial charge in [-0.3, -0.25) is 4.79 Å². The van der Waals surface area contributed by atoms with Crippen molar-refractivity contribution in [3.63, 3.8) is 0 Å². The number of carbonyl (C=O) groups excluding carboxylic acids is 1. The minimum Gasteiger partial charge on any atom is -0.460 e. The molecule has 0 unspecified atom stereocenters. The van der Waals surface area contributed by atoms with Crippen LogP contribution in [-0.4, -0.2) is 20.5 Å². The summed E-state index contributed by atoms with van der Waals surface area (Å²) < 4.78 is 7.90. The van der Waals surface area contributed by atoms with Gasteiger partial charge in [0.15, 0.2) is 5.78 Å². The van der Waals surface area contributed by atoms with Crippen LogP contribution in [0.3, 0.4) is 0 Å². The Morgan fingerprint density at radius 2 is 2.00 bits per heavy atom. The standard InChI is InChI=1S/C17H12BrN3O4/c18-13-3-1-12(2-4-13)16(22)8-7-14-5-6-15(25-14)11-20-10-9-17(19-20)21(23)24/h1-10H,11H2/b8-7+. The lowest BCUT2D eigenvalue weighted by Crippen LogP contribution is -2.00. The summed E-state index contributed by atoms with van der Waals surface area (Å²) in [5.41, 5.74) is 0.579. The lowest BCUT2D eigenvalue weighted by molar-refractivity contribution is -0.389. The van der Waals surface area contributed by atoms with Gasteiger partial charge in [-0.15, -0.1) is 0 Å². The first-order valence-corrected chi connectivity index (χ1v) is 8.05. The smallest absolute Gasteiger partial charge is 0.389 e. The zero-order valence-corrected chi connectivity index (χ0v) is 14.4. The number of ketones is 1. The summed E-state index contributed by atoms with van der Waals surface area (Å²) in [4.78, 5) is 22.1. The van der Waals surface area contributed by atoms with Crippen LogP contribution in [0.1, 0.15) is 21.9 Å². The Balaban J connectivity index is 1.65. The highest BCUT2D eigenvalue weighted by molar-refractivity contribution is 9.10. The van der Waals surface area contributed by atoms with E-state index >= 15 is 0 Å². The molecule has 0 amide bonds. The first-order valence-electron chi connectivity index (χ1n) is 7.26. The number of rotatable bonds is 6.